The standard InChI is InChI=1S/C26H27N5O4/c1-16(17-7-9-20(35-4)10-8-17)28-26(33)19-12-21(29-23(32)15-34-3)24-22(13-19)30-25(31(24)2)18-6-5-11-27-14-18/h5-14,16H,15H2,1-4H3,(H,28,33)(H,29,32)/t16-/m1/s1. The Hall–Kier alpha value is -4.24. The molecule has 0 saturated carbocycles. The number of nitrogens with zero attached hydrogens (tertiary/aromatic N) is 3. The maximum Gasteiger partial charge on any atom is 0.251 e. The summed E-state index contributed by atoms with van der Waals surface area (Å²) in [7, 11) is 4.91. The summed E-state index contributed by atoms with van der Waals surface area (Å²) in [6, 6.07) is 14.4. The van der Waals surface area contributed by atoms with E-state index in [0.717, 1.165) is 16.9 Å². The molecular weight excluding hydrogens is 446 g/mol. The van der Waals surface area contributed by atoms with Crippen LogP contribution in [0.3, 0.4) is 0 Å². The predicted octanol–water partition coefficient (Wildman–Crippen LogP) is 3.72. The molecule has 4 aromatic rings. The van der Waals surface area contributed by atoms with Gasteiger partial charge < -0.3 is 24.7 Å². The smallest absolute Gasteiger partial charge is 0.251 e. The highest BCUT2D eigenvalue weighted by Crippen LogP contribution is 2.30. The summed E-state index contributed by atoms with van der Waals surface area (Å²) in [5, 5.41) is 5.86. The molecule has 2 heterocycles. The number of hydrogen-bond donors (Lipinski definition) is 2. The van der Waals surface area contributed by atoms with Gasteiger partial charge in [-0.15, -0.1) is 0 Å². The first-order valence-corrected chi connectivity index (χ1v) is 11.1. The predicted molar refractivity (Wildman–Crippen MR) is 133 cm³/mol. The molecule has 0 aliphatic heterocycles. The third-order valence-electron chi connectivity index (χ3n) is 5.66. The third kappa shape index (κ3) is 5.15. The van der Waals surface area contributed by atoms with E-state index in [4.69, 9.17) is 14.5 Å². The van der Waals surface area contributed by atoms with E-state index in [-0.39, 0.29) is 24.5 Å². The van der Waals surface area contributed by atoms with Crippen LogP contribution in [0.2, 0.25) is 0 Å². The minimum absolute atomic E-state index is 0.111. The average molecular weight is 474 g/mol. The fraction of sp³-hybridized carbons (Fsp3) is 0.231. The van der Waals surface area contributed by atoms with E-state index in [1.807, 2.05) is 54.9 Å². The van der Waals surface area contributed by atoms with Crippen molar-refractivity contribution in [2.75, 3.05) is 26.1 Å². The fourth-order valence-corrected chi connectivity index (χ4v) is 3.90. The highest BCUT2D eigenvalue weighted by molar-refractivity contribution is 6.06. The fourth-order valence-electron chi connectivity index (χ4n) is 3.90. The molecular formula is C26H27N5O4. The summed E-state index contributed by atoms with van der Waals surface area (Å²) in [5.74, 6) is 0.793. The molecule has 2 aromatic carbocycles. The number of hydrogen-bond acceptors (Lipinski definition) is 6. The van der Waals surface area contributed by atoms with E-state index in [9.17, 15) is 9.59 Å². The number of fused-ring (bicyclic) bond motifs is 1. The SMILES string of the molecule is COCC(=O)Nc1cc(C(=O)N[C@H](C)c2ccc(OC)cc2)cc2nc(-c3cccnc3)n(C)c12. The normalized spacial score (nSPS) is 11.8. The Morgan fingerprint density at radius 1 is 1.11 bits per heavy atom. The van der Waals surface area contributed by atoms with Crippen LogP contribution in [0.15, 0.2) is 60.9 Å². The molecule has 2 N–H and O–H groups in total. The van der Waals surface area contributed by atoms with Crippen LogP contribution in [0.5, 0.6) is 5.75 Å². The first-order valence-electron chi connectivity index (χ1n) is 11.1. The van der Waals surface area contributed by atoms with Crippen molar-refractivity contribution >= 4 is 28.5 Å². The Kier molecular flexibility index (Phi) is 7.07. The quantitative estimate of drug-likeness (QED) is 0.404. The molecule has 0 saturated heterocycles. The number of aromatic nitrogens is 3. The number of amides is 2. The number of imidazole rings is 1. The minimum Gasteiger partial charge on any atom is -0.497 e. The molecule has 0 unspecified atom stereocenters. The van der Waals surface area contributed by atoms with Crippen LogP contribution in [0, 0.1) is 0 Å². The van der Waals surface area contributed by atoms with Crippen molar-refractivity contribution in [3.05, 3.63) is 72.1 Å². The van der Waals surface area contributed by atoms with Crippen molar-refractivity contribution in [3.63, 3.8) is 0 Å². The number of aryl methyl sites for hydroxylation is 1. The number of ether oxygens (including phenoxy) is 2. The molecule has 35 heavy (non-hydrogen) atoms. The van der Waals surface area contributed by atoms with Gasteiger partial charge in [-0.1, -0.05) is 12.1 Å². The molecule has 0 aliphatic carbocycles. The maximum atomic E-state index is 13.2. The summed E-state index contributed by atoms with van der Waals surface area (Å²) < 4.78 is 12.0. The number of carbonyl (C=O) groups excluding carboxylic acids is 2. The summed E-state index contributed by atoms with van der Waals surface area (Å²) in [4.78, 5) is 34.5. The summed E-state index contributed by atoms with van der Waals surface area (Å²) in [5.41, 5.74) is 3.86. The lowest BCUT2D eigenvalue weighted by Gasteiger charge is -2.16. The highest BCUT2D eigenvalue weighted by atomic mass is 16.5. The van der Waals surface area contributed by atoms with Crippen LogP contribution in [0.25, 0.3) is 22.4 Å². The van der Waals surface area contributed by atoms with Crippen LogP contribution in [-0.4, -0.2) is 47.2 Å². The second-order valence-corrected chi connectivity index (χ2v) is 8.08. The second kappa shape index (κ2) is 10.4. The summed E-state index contributed by atoms with van der Waals surface area (Å²) in [6.07, 6.45) is 3.41. The van der Waals surface area contributed by atoms with E-state index in [1.54, 1.807) is 31.6 Å². The zero-order valence-electron chi connectivity index (χ0n) is 20.0. The van der Waals surface area contributed by atoms with Gasteiger partial charge in [0.25, 0.3) is 5.91 Å². The van der Waals surface area contributed by atoms with Gasteiger partial charge in [-0.3, -0.25) is 14.6 Å². The van der Waals surface area contributed by atoms with Crippen molar-refractivity contribution in [2.45, 2.75) is 13.0 Å². The van der Waals surface area contributed by atoms with Gasteiger partial charge in [0.05, 0.1) is 29.9 Å². The monoisotopic (exact) mass is 473 g/mol. The zero-order valence-corrected chi connectivity index (χ0v) is 20.0. The molecule has 9 nitrogen and oxygen atoms in total. The molecule has 0 radical (unpaired) electrons. The molecule has 9 heteroatoms. The number of nitrogens with one attached hydrogen (secondary N) is 2. The number of benzene rings is 2. The van der Waals surface area contributed by atoms with Gasteiger partial charge in [-0.25, -0.2) is 4.98 Å². The zero-order chi connectivity index (χ0) is 24.9. The molecule has 2 aromatic heterocycles. The molecule has 0 fully saturated rings. The Morgan fingerprint density at radius 3 is 2.54 bits per heavy atom. The van der Waals surface area contributed by atoms with Crippen LogP contribution in [-0.2, 0) is 16.6 Å². The van der Waals surface area contributed by atoms with E-state index in [0.29, 0.717) is 28.1 Å². The van der Waals surface area contributed by atoms with E-state index in [1.165, 1.54) is 7.11 Å². The maximum absolute atomic E-state index is 13.2. The van der Waals surface area contributed by atoms with Crippen LogP contribution in [0.4, 0.5) is 5.69 Å². The summed E-state index contributed by atoms with van der Waals surface area (Å²) >= 11 is 0. The average Bonchev–Trinajstić information content (AvgIpc) is 3.21. The number of methoxy groups -OCH3 is 2. The van der Waals surface area contributed by atoms with Crippen molar-refractivity contribution in [1.29, 1.82) is 0 Å². The topological polar surface area (TPSA) is 107 Å². The van der Waals surface area contributed by atoms with Gasteiger partial charge in [-0.2, -0.15) is 0 Å². The Bertz CT molecular complexity index is 1350. The van der Waals surface area contributed by atoms with Gasteiger partial charge >= 0.3 is 0 Å². The lowest BCUT2D eigenvalue weighted by Crippen LogP contribution is -2.27. The van der Waals surface area contributed by atoms with E-state index < -0.39 is 0 Å². The Balaban J connectivity index is 1.71. The van der Waals surface area contributed by atoms with Crippen molar-refractivity contribution in [2.24, 2.45) is 7.05 Å². The first kappa shape index (κ1) is 23.9. The molecule has 0 bridgehead atoms. The van der Waals surface area contributed by atoms with Crippen LogP contribution >= 0.6 is 0 Å². The lowest BCUT2D eigenvalue weighted by atomic mass is 10.1. The lowest BCUT2D eigenvalue weighted by molar-refractivity contribution is -0.119. The van der Waals surface area contributed by atoms with Gasteiger partial charge in [0.15, 0.2) is 0 Å². The van der Waals surface area contributed by atoms with Gasteiger partial charge in [0.1, 0.15) is 18.2 Å². The van der Waals surface area contributed by atoms with Crippen LogP contribution < -0.4 is 15.4 Å². The number of carbonyl (C=O) groups is 2. The van der Waals surface area contributed by atoms with E-state index >= 15 is 0 Å². The molecule has 180 valence electrons. The molecule has 1 atom stereocenters. The van der Waals surface area contributed by atoms with Crippen molar-refractivity contribution in [3.8, 4) is 17.1 Å². The largest absolute Gasteiger partial charge is 0.497 e. The molecule has 0 spiro atoms. The van der Waals surface area contributed by atoms with Gasteiger partial charge in [0.2, 0.25) is 5.91 Å². The second-order valence-electron chi connectivity index (χ2n) is 8.08. The van der Waals surface area contributed by atoms with Crippen LogP contribution in [0.1, 0.15) is 28.9 Å². The Labute approximate surface area is 203 Å². The molecule has 2 amide bonds. The Morgan fingerprint density at radius 2 is 1.89 bits per heavy atom. The summed E-state index contributed by atoms with van der Waals surface area (Å²) in [6.45, 7) is 1.79. The third-order valence-corrected chi connectivity index (χ3v) is 5.66. The molecule has 4 rings (SSSR count). The number of rotatable bonds is 8. The van der Waals surface area contributed by atoms with E-state index in [2.05, 4.69) is 15.6 Å². The van der Waals surface area contributed by atoms with Crippen molar-refractivity contribution < 1.29 is 19.1 Å². The van der Waals surface area contributed by atoms with Crippen molar-refractivity contribution in [1.82, 2.24) is 19.9 Å². The van der Waals surface area contributed by atoms with Gasteiger partial charge in [0, 0.05) is 37.7 Å². The molecule has 0 aliphatic rings. The number of anilines is 1. The first-order chi connectivity index (χ1) is 16.9. The minimum atomic E-state index is -0.331. The highest BCUT2D eigenvalue weighted by Gasteiger charge is 2.20. The van der Waals surface area contributed by atoms with Gasteiger partial charge in [-0.05, 0) is 48.9 Å². The number of pyridine rings is 1.